The Morgan fingerprint density at radius 3 is 2.74 bits per heavy atom. The van der Waals surface area contributed by atoms with Crippen molar-refractivity contribution >= 4 is 39.1 Å². The molecule has 2 N–H and O–H groups in total. The van der Waals surface area contributed by atoms with Crippen LogP contribution in [0.1, 0.15) is 28.8 Å². The minimum atomic E-state index is -3.70. The highest BCUT2D eigenvalue weighted by Gasteiger charge is 2.37. The number of fused-ring (bicyclic) bond motifs is 1. The van der Waals surface area contributed by atoms with E-state index in [9.17, 15) is 17.6 Å². The zero-order chi connectivity index (χ0) is 22.2. The number of carbonyl (C=O) groups is 1. The quantitative estimate of drug-likeness (QED) is 0.709. The highest BCUT2D eigenvalue weighted by atomic mass is 35.5. The largest absolute Gasteiger partial charge is 0.322 e. The Kier molecular flexibility index (Phi) is 6.20. The third kappa shape index (κ3) is 4.27. The van der Waals surface area contributed by atoms with Gasteiger partial charge in [0.05, 0.1) is 16.3 Å². The molecular weight excluding hydrogens is 443 g/mol. The summed E-state index contributed by atoms with van der Waals surface area (Å²) in [6, 6.07) is 9.28. The molecule has 0 radical (unpaired) electrons. The van der Waals surface area contributed by atoms with Crippen LogP contribution in [-0.4, -0.2) is 51.4 Å². The summed E-state index contributed by atoms with van der Waals surface area (Å²) in [6.07, 6.45) is 2.22. The number of halogens is 2. The van der Waals surface area contributed by atoms with Crippen LogP contribution in [0.3, 0.4) is 0 Å². The molecule has 4 rings (SSSR count). The van der Waals surface area contributed by atoms with Crippen LogP contribution in [0, 0.1) is 5.82 Å². The Bertz CT molecular complexity index is 1090. The maximum absolute atomic E-state index is 14.1. The zero-order valence-corrected chi connectivity index (χ0v) is 18.6. The summed E-state index contributed by atoms with van der Waals surface area (Å²) >= 11 is 5.99. The van der Waals surface area contributed by atoms with E-state index in [2.05, 4.69) is 10.6 Å². The molecule has 0 saturated carbocycles. The van der Waals surface area contributed by atoms with E-state index in [-0.39, 0.29) is 16.6 Å². The number of hydrogen-bond donors (Lipinski definition) is 2. The number of hydrogen-bond acceptors (Lipinski definition) is 4. The number of carbonyl (C=O) groups excluding carboxylic acids is 1. The molecule has 2 aromatic carbocycles. The van der Waals surface area contributed by atoms with Gasteiger partial charge in [0.1, 0.15) is 5.82 Å². The van der Waals surface area contributed by atoms with Crippen LogP contribution in [-0.2, 0) is 16.6 Å². The van der Waals surface area contributed by atoms with E-state index < -0.39 is 21.9 Å². The van der Waals surface area contributed by atoms with Gasteiger partial charge >= 0.3 is 10.2 Å². The number of likely N-dealkylation sites (N-methyl/N-ethyl adjacent to an activating group) is 1. The fraction of sp³-hybridized carbons (Fsp3) is 0.381. The standard InChI is InChI=1S/C21H24ClFN4O3S/c1-24-16-9-11-26(13-16)31(29,30)27-10-3-4-14-7-8-15(12-19(14)27)25-21(28)20-17(22)5-2-6-18(20)23/h2,5-8,12,16,24H,3-4,9-11,13H2,1H3,(H,25,28). The van der Waals surface area contributed by atoms with Crippen molar-refractivity contribution in [2.24, 2.45) is 0 Å². The van der Waals surface area contributed by atoms with Gasteiger partial charge in [0.25, 0.3) is 5.91 Å². The van der Waals surface area contributed by atoms with E-state index in [1.807, 2.05) is 7.05 Å². The van der Waals surface area contributed by atoms with Crippen molar-refractivity contribution in [3.8, 4) is 0 Å². The van der Waals surface area contributed by atoms with Gasteiger partial charge in [-0.2, -0.15) is 12.7 Å². The fourth-order valence-corrected chi connectivity index (χ4v) is 6.09. The lowest BCUT2D eigenvalue weighted by atomic mass is 10.0. The molecule has 0 aromatic heterocycles. The number of aryl methyl sites for hydroxylation is 1. The SMILES string of the molecule is CNC1CCN(S(=O)(=O)N2CCCc3ccc(NC(=O)c4c(F)cccc4Cl)cc32)C1. The van der Waals surface area contributed by atoms with Gasteiger partial charge in [0.15, 0.2) is 0 Å². The molecule has 166 valence electrons. The predicted octanol–water partition coefficient (Wildman–Crippen LogP) is 3.02. The summed E-state index contributed by atoms with van der Waals surface area (Å²) in [4.78, 5) is 12.6. The zero-order valence-electron chi connectivity index (χ0n) is 17.1. The minimum Gasteiger partial charge on any atom is -0.322 e. The third-order valence-electron chi connectivity index (χ3n) is 5.77. The van der Waals surface area contributed by atoms with Crippen LogP contribution in [0.2, 0.25) is 5.02 Å². The Balaban J connectivity index is 1.62. The minimum absolute atomic E-state index is 0.00721. The Morgan fingerprint density at radius 1 is 1.23 bits per heavy atom. The average Bonchev–Trinajstić information content (AvgIpc) is 3.23. The van der Waals surface area contributed by atoms with Crippen molar-refractivity contribution in [1.82, 2.24) is 9.62 Å². The Morgan fingerprint density at radius 2 is 2.03 bits per heavy atom. The van der Waals surface area contributed by atoms with Crippen molar-refractivity contribution < 1.29 is 17.6 Å². The normalized spacial score (nSPS) is 19.3. The van der Waals surface area contributed by atoms with Gasteiger partial charge in [-0.05, 0) is 56.1 Å². The monoisotopic (exact) mass is 466 g/mol. The summed E-state index contributed by atoms with van der Waals surface area (Å²) in [5.74, 6) is -1.41. The molecule has 1 fully saturated rings. The molecule has 2 aromatic rings. The first-order chi connectivity index (χ1) is 14.8. The third-order valence-corrected chi connectivity index (χ3v) is 8.01. The molecule has 1 saturated heterocycles. The highest BCUT2D eigenvalue weighted by Crippen LogP contribution is 2.34. The molecule has 0 aliphatic carbocycles. The summed E-state index contributed by atoms with van der Waals surface area (Å²) in [6.45, 7) is 1.25. The molecule has 1 atom stereocenters. The summed E-state index contributed by atoms with van der Waals surface area (Å²) in [5, 5.41) is 5.78. The van der Waals surface area contributed by atoms with Gasteiger partial charge in [-0.25, -0.2) is 4.39 Å². The van der Waals surface area contributed by atoms with Gasteiger partial charge in [-0.1, -0.05) is 23.7 Å². The molecule has 1 amide bonds. The maximum atomic E-state index is 14.1. The van der Waals surface area contributed by atoms with Crippen LogP contribution in [0.15, 0.2) is 36.4 Å². The van der Waals surface area contributed by atoms with E-state index in [4.69, 9.17) is 11.6 Å². The second-order valence-corrected chi connectivity index (χ2v) is 9.97. The summed E-state index contributed by atoms with van der Waals surface area (Å²) in [7, 11) is -1.87. The van der Waals surface area contributed by atoms with E-state index >= 15 is 0 Å². The lowest BCUT2D eigenvalue weighted by molar-refractivity contribution is 0.102. The van der Waals surface area contributed by atoms with Gasteiger partial charge in [-0.15, -0.1) is 0 Å². The first-order valence-corrected chi connectivity index (χ1v) is 11.9. The number of rotatable bonds is 5. The summed E-state index contributed by atoms with van der Waals surface area (Å²) < 4.78 is 43.6. The number of nitrogens with zero attached hydrogens (tertiary/aromatic N) is 2. The van der Waals surface area contributed by atoms with Crippen molar-refractivity contribution in [3.05, 3.63) is 58.4 Å². The van der Waals surface area contributed by atoms with Crippen molar-refractivity contribution in [2.45, 2.75) is 25.3 Å². The highest BCUT2D eigenvalue weighted by molar-refractivity contribution is 7.90. The molecule has 2 aliphatic rings. The first kappa shape index (κ1) is 22.0. The second kappa shape index (κ2) is 8.74. The molecule has 2 heterocycles. The molecule has 10 heteroatoms. The average molecular weight is 467 g/mol. The molecule has 2 aliphatic heterocycles. The predicted molar refractivity (Wildman–Crippen MR) is 119 cm³/mol. The van der Waals surface area contributed by atoms with Crippen LogP contribution in [0.25, 0.3) is 0 Å². The van der Waals surface area contributed by atoms with Crippen molar-refractivity contribution in [1.29, 1.82) is 0 Å². The van der Waals surface area contributed by atoms with Crippen LogP contribution < -0.4 is 14.9 Å². The topological polar surface area (TPSA) is 81.8 Å². The number of amides is 1. The van der Waals surface area contributed by atoms with Crippen molar-refractivity contribution in [2.75, 3.05) is 36.3 Å². The smallest absolute Gasteiger partial charge is 0.304 e. The van der Waals surface area contributed by atoms with Gasteiger partial charge < -0.3 is 10.6 Å². The van der Waals surface area contributed by atoms with Crippen LogP contribution in [0.5, 0.6) is 0 Å². The lowest BCUT2D eigenvalue weighted by Crippen LogP contribution is -2.46. The first-order valence-electron chi connectivity index (χ1n) is 10.1. The molecule has 31 heavy (non-hydrogen) atoms. The molecule has 0 spiro atoms. The molecule has 7 nitrogen and oxygen atoms in total. The van der Waals surface area contributed by atoms with Crippen LogP contribution >= 0.6 is 11.6 Å². The van der Waals surface area contributed by atoms with E-state index in [0.717, 1.165) is 24.5 Å². The number of nitrogens with one attached hydrogen (secondary N) is 2. The van der Waals surface area contributed by atoms with Crippen molar-refractivity contribution in [3.63, 3.8) is 0 Å². The van der Waals surface area contributed by atoms with E-state index in [1.54, 1.807) is 18.2 Å². The second-order valence-electron chi connectivity index (χ2n) is 7.71. The Labute approximate surface area is 186 Å². The Hall–Kier alpha value is -2.20. The van der Waals surface area contributed by atoms with E-state index in [0.29, 0.717) is 37.4 Å². The lowest BCUT2D eigenvalue weighted by Gasteiger charge is -2.34. The van der Waals surface area contributed by atoms with Crippen LogP contribution in [0.4, 0.5) is 15.8 Å². The van der Waals surface area contributed by atoms with Gasteiger partial charge in [0, 0.05) is 31.4 Å². The van der Waals surface area contributed by atoms with Gasteiger partial charge in [-0.3, -0.25) is 9.10 Å². The molecule has 1 unspecified atom stereocenters. The molecular formula is C21H24ClFN4O3S. The fourth-order valence-electron chi connectivity index (χ4n) is 4.08. The number of anilines is 2. The molecule has 0 bridgehead atoms. The summed E-state index contributed by atoms with van der Waals surface area (Å²) in [5.41, 5.74) is 1.55. The van der Waals surface area contributed by atoms with Gasteiger partial charge in [0.2, 0.25) is 0 Å². The maximum Gasteiger partial charge on any atom is 0.304 e. The van der Waals surface area contributed by atoms with E-state index in [1.165, 1.54) is 20.7 Å². The number of benzene rings is 2.